The molecular formula is C25H30N4O2. The van der Waals surface area contributed by atoms with E-state index in [0.717, 1.165) is 50.4 Å². The standard InChI is InChI=1S/C25H30N4O2/c1-15(14-27(3)4)28(5)25(30)23-18-13-19-22-20(9-8-10-21(22)31-7)29(6)24(19)16(2)17(18)11-12-26-23/h8-13,15H,14H2,1-7H3/t15-/m1/s1. The maximum absolute atomic E-state index is 13.4. The minimum atomic E-state index is -0.0640. The molecule has 0 fully saturated rings. The van der Waals surface area contributed by atoms with Crippen LogP contribution in [0.25, 0.3) is 32.6 Å². The number of carbonyl (C=O) groups excluding carboxylic acids is 1. The van der Waals surface area contributed by atoms with Crippen LogP contribution in [0.5, 0.6) is 5.75 Å². The van der Waals surface area contributed by atoms with Crippen molar-refractivity contribution in [2.45, 2.75) is 19.9 Å². The van der Waals surface area contributed by atoms with Gasteiger partial charge in [0.25, 0.3) is 5.91 Å². The van der Waals surface area contributed by atoms with E-state index in [2.05, 4.69) is 47.5 Å². The number of fused-ring (bicyclic) bond motifs is 4. The van der Waals surface area contributed by atoms with Crippen LogP contribution in [-0.4, -0.2) is 66.1 Å². The zero-order valence-electron chi connectivity index (χ0n) is 19.4. The van der Waals surface area contributed by atoms with Gasteiger partial charge in [0.05, 0.1) is 18.1 Å². The highest BCUT2D eigenvalue weighted by Gasteiger charge is 2.23. The fourth-order valence-electron chi connectivity index (χ4n) is 4.66. The van der Waals surface area contributed by atoms with Crippen LogP contribution in [0.2, 0.25) is 0 Å². The number of hydrogen-bond donors (Lipinski definition) is 0. The number of aryl methyl sites for hydroxylation is 2. The van der Waals surface area contributed by atoms with Gasteiger partial charge < -0.3 is 19.1 Å². The molecule has 0 radical (unpaired) electrons. The molecule has 0 N–H and O–H groups in total. The van der Waals surface area contributed by atoms with Crippen LogP contribution in [0.1, 0.15) is 23.0 Å². The smallest absolute Gasteiger partial charge is 0.273 e. The Morgan fingerprint density at radius 1 is 1.16 bits per heavy atom. The van der Waals surface area contributed by atoms with Crippen molar-refractivity contribution in [1.29, 1.82) is 0 Å². The number of ether oxygens (including phenoxy) is 1. The molecule has 1 amide bonds. The monoisotopic (exact) mass is 418 g/mol. The van der Waals surface area contributed by atoms with Crippen LogP contribution in [0.3, 0.4) is 0 Å². The van der Waals surface area contributed by atoms with Gasteiger partial charge in [0.1, 0.15) is 11.4 Å². The van der Waals surface area contributed by atoms with Crippen molar-refractivity contribution in [2.75, 3.05) is 34.8 Å². The summed E-state index contributed by atoms with van der Waals surface area (Å²) in [6, 6.07) is 10.3. The molecule has 4 rings (SSSR count). The minimum Gasteiger partial charge on any atom is -0.496 e. The second-order valence-corrected chi connectivity index (χ2v) is 8.59. The predicted octanol–water partition coefficient (Wildman–Crippen LogP) is 4.22. The molecule has 2 aromatic heterocycles. The Morgan fingerprint density at radius 2 is 1.90 bits per heavy atom. The number of carbonyl (C=O) groups is 1. The molecule has 4 aromatic rings. The summed E-state index contributed by atoms with van der Waals surface area (Å²) in [5.41, 5.74) is 3.87. The molecule has 31 heavy (non-hydrogen) atoms. The lowest BCUT2D eigenvalue weighted by atomic mass is 9.99. The van der Waals surface area contributed by atoms with Crippen molar-refractivity contribution in [1.82, 2.24) is 19.4 Å². The molecule has 1 atom stereocenters. The first-order valence-corrected chi connectivity index (χ1v) is 10.5. The average molecular weight is 419 g/mol. The molecule has 0 aliphatic rings. The summed E-state index contributed by atoms with van der Waals surface area (Å²) < 4.78 is 7.88. The Kier molecular flexibility index (Phi) is 5.35. The van der Waals surface area contributed by atoms with Gasteiger partial charge in [-0.05, 0) is 63.2 Å². The topological polar surface area (TPSA) is 50.6 Å². The highest BCUT2D eigenvalue weighted by atomic mass is 16.5. The first-order chi connectivity index (χ1) is 14.8. The van der Waals surface area contributed by atoms with E-state index in [9.17, 15) is 4.79 Å². The molecule has 6 nitrogen and oxygen atoms in total. The molecule has 0 unspecified atom stereocenters. The van der Waals surface area contributed by atoms with Crippen LogP contribution in [0, 0.1) is 6.92 Å². The fourth-order valence-corrected chi connectivity index (χ4v) is 4.66. The number of nitrogens with zero attached hydrogens (tertiary/aromatic N) is 4. The van der Waals surface area contributed by atoms with Gasteiger partial charge in [-0.25, -0.2) is 0 Å². The Labute approximate surface area is 183 Å². The second-order valence-electron chi connectivity index (χ2n) is 8.59. The molecule has 0 spiro atoms. The zero-order valence-corrected chi connectivity index (χ0v) is 19.4. The lowest BCUT2D eigenvalue weighted by molar-refractivity contribution is 0.0719. The van der Waals surface area contributed by atoms with Crippen molar-refractivity contribution < 1.29 is 9.53 Å². The van der Waals surface area contributed by atoms with Crippen LogP contribution in [0.4, 0.5) is 0 Å². The number of hydrogen-bond acceptors (Lipinski definition) is 4. The number of amides is 1. The van der Waals surface area contributed by atoms with Gasteiger partial charge in [-0.1, -0.05) is 6.07 Å². The number of methoxy groups -OCH3 is 1. The lowest BCUT2D eigenvalue weighted by Crippen LogP contribution is -2.41. The number of aromatic nitrogens is 2. The first kappa shape index (κ1) is 21.1. The lowest BCUT2D eigenvalue weighted by Gasteiger charge is -2.27. The van der Waals surface area contributed by atoms with Gasteiger partial charge in [0, 0.05) is 49.0 Å². The van der Waals surface area contributed by atoms with Gasteiger partial charge >= 0.3 is 0 Å². The minimum absolute atomic E-state index is 0.0640. The van der Waals surface area contributed by atoms with Gasteiger partial charge in [-0.2, -0.15) is 0 Å². The molecule has 0 aliphatic heterocycles. The number of rotatable bonds is 5. The SMILES string of the molecule is COc1cccc2c1c1cc3c(C(=O)N(C)[C@H](C)CN(C)C)nccc3c(C)c1n2C. The van der Waals surface area contributed by atoms with Crippen LogP contribution < -0.4 is 4.74 Å². The molecule has 2 heterocycles. The zero-order chi connectivity index (χ0) is 22.4. The molecule has 0 saturated carbocycles. The number of pyridine rings is 1. The van der Waals surface area contributed by atoms with Crippen molar-refractivity contribution >= 4 is 38.5 Å². The summed E-state index contributed by atoms with van der Waals surface area (Å²) in [5.74, 6) is 0.765. The van der Waals surface area contributed by atoms with E-state index in [0.29, 0.717) is 5.69 Å². The predicted molar refractivity (Wildman–Crippen MR) is 127 cm³/mol. The third kappa shape index (κ3) is 3.31. The summed E-state index contributed by atoms with van der Waals surface area (Å²) in [5, 5.41) is 4.05. The summed E-state index contributed by atoms with van der Waals surface area (Å²) in [4.78, 5) is 21.8. The Balaban J connectivity index is 2.00. The number of benzene rings is 2. The summed E-state index contributed by atoms with van der Waals surface area (Å²) in [6.07, 6.45) is 1.74. The highest BCUT2D eigenvalue weighted by Crippen LogP contribution is 2.39. The van der Waals surface area contributed by atoms with E-state index in [1.165, 1.54) is 0 Å². The van der Waals surface area contributed by atoms with Crippen molar-refractivity contribution in [3.8, 4) is 5.75 Å². The van der Waals surface area contributed by atoms with E-state index < -0.39 is 0 Å². The maximum atomic E-state index is 13.4. The molecule has 0 saturated heterocycles. The number of likely N-dealkylation sites (N-methyl/N-ethyl adjacent to an activating group) is 2. The largest absolute Gasteiger partial charge is 0.496 e. The maximum Gasteiger partial charge on any atom is 0.273 e. The molecule has 0 bridgehead atoms. The van der Waals surface area contributed by atoms with Gasteiger partial charge in [-0.15, -0.1) is 0 Å². The summed E-state index contributed by atoms with van der Waals surface area (Å²) in [7, 11) is 9.65. The van der Waals surface area contributed by atoms with Crippen molar-refractivity contribution in [2.24, 2.45) is 7.05 Å². The van der Waals surface area contributed by atoms with Crippen LogP contribution in [-0.2, 0) is 7.05 Å². The van der Waals surface area contributed by atoms with E-state index in [1.54, 1.807) is 18.2 Å². The quantitative estimate of drug-likeness (QED) is 0.487. The van der Waals surface area contributed by atoms with Crippen LogP contribution in [0.15, 0.2) is 36.5 Å². The fraction of sp³-hybridized carbons (Fsp3) is 0.360. The molecule has 6 heteroatoms. The second kappa shape index (κ2) is 7.85. The molecular weight excluding hydrogens is 388 g/mol. The van der Waals surface area contributed by atoms with E-state index >= 15 is 0 Å². The molecule has 0 aliphatic carbocycles. The normalized spacial score (nSPS) is 12.8. The Morgan fingerprint density at radius 3 is 2.58 bits per heavy atom. The highest BCUT2D eigenvalue weighted by molar-refractivity contribution is 6.19. The van der Waals surface area contributed by atoms with Crippen LogP contribution >= 0.6 is 0 Å². The van der Waals surface area contributed by atoms with Crippen molar-refractivity contribution in [3.05, 3.63) is 47.8 Å². The Hall–Kier alpha value is -3.12. The van der Waals surface area contributed by atoms with Crippen molar-refractivity contribution in [3.63, 3.8) is 0 Å². The first-order valence-electron chi connectivity index (χ1n) is 10.5. The summed E-state index contributed by atoms with van der Waals surface area (Å²) >= 11 is 0. The van der Waals surface area contributed by atoms with Gasteiger partial charge in [0.15, 0.2) is 0 Å². The Bertz CT molecular complexity index is 1310. The van der Waals surface area contributed by atoms with E-state index in [-0.39, 0.29) is 11.9 Å². The van der Waals surface area contributed by atoms with Gasteiger partial charge in [-0.3, -0.25) is 9.78 Å². The third-order valence-electron chi connectivity index (χ3n) is 6.30. The molecule has 2 aromatic carbocycles. The molecule has 162 valence electrons. The van der Waals surface area contributed by atoms with Gasteiger partial charge in [0.2, 0.25) is 0 Å². The summed E-state index contributed by atoms with van der Waals surface area (Å²) in [6.45, 7) is 4.96. The average Bonchev–Trinajstić information content (AvgIpc) is 3.04. The third-order valence-corrected chi connectivity index (χ3v) is 6.30. The van der Waals surface area contributed by atoms with E-state index in [1.807, 2.05) is 39.3 Å². The van der Waals surface area contributed by atoms with E-state index in [4.69, 9.17) is 4.74 Å².